The predicted octanol–water partition coefficient (Wildman–Crippen LogP) is 4.77. The van der Waals surface area contributed by atoms with Gasteiger partial charge in [-0.2, -0.15) is 0 Å². The summed E-state index contributed by atoms with van der Waals surface area (Å²) in [6.45, 7) is 2.27. The van der Waals surface area contributed by atoms with Gasteiger partial charge in [0.1, 0.15) is 0 Å². The molecule has 5 N–H and O–H groups in total. The fourth-order valence-electron chi connectivity index (χ4n) is 3.32. The van der Waals surface area contributed by atoms with Crippen molar-refractivity contribution in [2.45, 2.75) is 103 Å². The summed E-state index contributed by atoms with van der Waals surface area (Å²) in [5.41, 5.74) is 7.70. The zero-order valence-electron chi connectivity index (χ0n) is 17.3. The number of anilines is 1. The van der Waals surface area contributed by atoms with Crippen molar-refractivity contribution in [3.05, 3.63) is 29.8 Å². The Kier molecular flexibility index (Phi) is 19.0. The molecule has 1 aromatic carbocycles. The number of hydrogen-bond donors (Lipinski definition) is 4. The molecule has 4 nitrogen and oxygen atoms in total. The Labute approximate surface area is 167 Å². The summed E-state index contributed by atoms with van der Waals surface area (Å²) in [6, 6.07) is 7.86. The van der Waals surface area contributed by atoms with Gasteiger partial charge in [-0.15, -0.1) is 0 Å². The highest BCUT2D eigenvalue weighted by Crippen LogP contribution is 2.15. The predicted molar refractivity (Wildman–Crippen MR) is 116 cm³/mol. The third-order valence-electron chi connectivity index (χ3n) is 4.81. The molecule has 0 aliphatic rings. The molecule has 155 valence electrons. The van der Waals surface area contributed by atoms with Gasteiger partial charge in [-0.25, -0.2) is 0 Å². The fourth-order valence-corrected chi connectivity index (χ4v) is 3.32. The lowest BCUT2D eigenvalue weighted by molar-refractivity contribution is 0.161. The average Bonchev–Trinajstić information content (AvgIpc) is 2.63. The standard InChI is InChI=1S/C22H39NO.BH2O2/c1-2-3-4-5-6-7-8-9-10-11-12-13-17-22(24)19-20-15-14-16-21(23)18-20;2-1-3/h14-16,18,22,24H,2-13,17,19,23H2,1H3;2-3H. The summed E-state index contributed by atoms with van der Waals surface area (Å²) in [5, 5.41) is 24.1. The Morgan fingerprint density at radius 1 is 0.852 bits per heavy atom. The number of rotatable bonds is 15. The van der Waals surface area contributed by atoms with Gasteiger partial charge in [0.25, 0.3) is 0 Å². The summed E-state index contributed by atoms with van der Waals surface area (Å²) in [7, 11) is 0. The van der Waals surface area contributed by atoms with Crippen molar-refractivity contribution in [1.82, 2.24) is 0 Å². The molecule has 5 heteroatoms. The number of hydrogen-bond acceptors (Lipinski definition) is 4. The normalized spacial score (nSPS) is 11.6. The van der Waals surface area contributed by atoms with Crippen molar-refractivity contribution in [1.29, 1.82) is 0 Å². The second kappa shape index (κ2) is 19.7. The lowest BCUT2D eigenvalue weighted by Gasteiger charge is -2.11. The number of nitrogens with two attached hydrogens (primary N) is 1. The van der Waals surface area contributed by atoms with Gasteiger partial charge in [0.2, 0.25) is 0 Å². The molecule has 0 saturated carbocycles. The van der Waals surface area contributed by atoms with E-state index < -0.39 is 0 Å². The molecule has 27 heavy (non-hydrogen) atoms. The lowest BCUT2D eigenvalue weighted by Crippen LogP contribution is -2.10. The lowest BCUT2D eigenvalue weighted by atomic mass is 10.0. The maximum absolute atomic E-state index is 10.1. The van der Waals surface area contributed by atoms with Crippen LogP contribution in [0.1, 0.15) is 96.0 Å². The van der Waals surface area contributed by atoms with Crippen molar-refractivity contribution >= 4 is 13.4 Å². The van der Waals surface area contributed by atoms with E-state index in [2.05, 4.69) is 6.92 Å². The van der Waals surface area contributed by atoms with E-state index in [0.29, 0.717) is 0 Å². The molecule has 1 unspecified atom stereocenters. The van der Waals surface area contributed by atoms with Crippen molar-refractivity contribution in [2.24, 2.45) is 0 Å². The minimum absolute atomic E-state index is 0. The summed E-state index contributed by atoms with van der Waals surface area (Å²) in [4.78, 5) is 0. The van der Waals surface area contributed by atoms with Gasteiger partial charge in [-0.3, -0.25) is 0 Å². The van der Waals surface area contributed by atoms with Gasteiger partial charge in [0.05, 0.1) is 6.10 Å². The van der Waals surface area contributed by atoms with Crippen LogP contribution in [0.25, 0.3) is 0 Å². The summed E-state index contributed by atoms with van der Waals surface area (Å²) in [5.74, 6) is 0. The second-order valence-electron chi connectivity index (χ2n) is 7.40. The molecule has 0 bridgehead atoms. The van der Waals surface area contributed by atoms with Crippen molar-refractivity contribution < 1.29 is 15.2 Å². The molecule has 0 spiro atoms. The van der Waals surface area contributed by atoms with Gasteiger partial charge in [-0.05, 0) is 30.5 Å². The van der Waals surface area contributed by atoms with E-state index in [1.165, 1.54) is 70.6 Å². The molecule has 1 radical (unpaired) electrons. The topological polar surface area (TPSA) is 86.7 Å². The summed E-state index contributed by atoms with van der Waals surface area (Å²) < 4.78 is 0. The maximum atomic E-state index is 10.1. The zero-order valence-corrected chi connectivity index (χ0v) is 17.3. The fraction of sp³-hybridized carbons (Fsp3) is 0.727. The molecule has 1 aromatic rings. The molecule has 0 heterocycles. The Morgan fingerprint density at radius 2 is 1.33 bits per heavy atom. The number of unbranched alkanes of at least 4 members (excludes halogenated alkanes) is 11. The Bertz CT molecular complexity index is 432. The van der Waals surface area contributed by atoms with E-state index in [1.54, 1.807) is 0 Å². The molecule has 0 aliphatic heterocycles. The highest BCUT2D eigenvalue weighted by Gasteiger charge is 2.05. The van der Waals surface area contributed by atoms with E-state index in [9.17, 15) is 5.11 Å². The highest BCUT2D eigenvalue weighted by atomic mass is 16.4. The van der Waals surface area contributed by atoms with E-state index >= 15 is 0 Å². The first-order valence-corrected chi connectivity index (χ1v) is 10.8. The second-order valence-corrected chi connectivity index (χ2v) is 7.40. The monoisotopic (exact) mass is 378 g/mol. The Hall–Kier alpha value is -1.04. The number of aliphatic hydroxyl groups excluding tert-OH is 1. The van der Waals surface area contributed by atoms with Gasteiger partial charge in [0, 0.05) is 5.69 Å². The maximum Gasteiger partial charge on any atom is 0.482 e. The first kappa shape index (κ1) is 26.0. The molecular weight excluding hydrogens is 337 g/mol. The molecule has 1 atom stereocenters. The molecule has 0 aliphatic carbocycles. The number of benzene rings is 1. The van der Waals surface area contributed by atoms with Crippen LogP contribution < -0.4 is 5.73 Å². The molecule has 1 rings (SSSR count). The van der Waals surface area contributed by atoms with Gasteiger partial charge < -0.3 is 20.9 Å². The van der Waals surface area contributed by atoms with Crippen molar-refractivity contribution in [3.8, 4) is 0 Å². The third kappa shape index (κ3) is 18.1. The van der Waals surface area contributed by atoms with Gasteiger partial charge in [0.15, 0.2) is 0 Å². The van der Waals surface area contributed by atoms with Crippen molar-refractivity contribution in [3.63, 3.8) is 0 Å². The van der Waals surface area contributed by atoms with Crippen LogP contribution >= 0.6 is 0 Å². The van der Waals surface area contributed by atoms with Crippen LogP contribution in [0.3, 0.4) is 0 Å². The van der Waals surface area contributed by atoms with E-state index in [1.807, 2.05) is 24.3 Å². The molecular formula is C22H41BNO3. The number of nitrogen functional groups attached to an aromatic ring is 1. The smallest absolute Gasteiger partial charge is 0.429 e. The first-order chi connectivity index (χ1) is 13.1. The third-order valence-corrected chi connectivity index (χ3v) is 4.81. The minimum atomic E-state index is -0.227. The van der Waals surface area contributed by atoms with Crippen LogP contribution in [0.15, 0.2) is 24.3 Å². The van der Waals surface area contributed by atoms with E-state index in [4.69, 9.17) is 15.8 Å². The van der Waals surface area contributed by atoms with Gasteiger partial charge in [-0.1, -0.05) is 96.1 Å². The first-order valence-electron chi connectivity index (χ1n) is 10.8. The minimum Gasteiger partial charge on any atom is -0.429 e. The van der Waals surface area contributed by atoms with Crippen LogP contribution in [-0.2, 0) is 6.42 Å². The largest absolute Gasteiger partial charge is 0.482 e. The van der Waals surface area contributed by atoms with E-state index in [0.717, 1.165) is 30.5 Å². The van der Waals surface area contributed by atoms with Crippen LogP contribution in [-0.4, -0.2) is 28.9 Å². The van der Waals surface area contributed by atoms with Crippen LogP contribution in [0.2, 0.25) is 0 Å². The summed E-state index contributed by atoms with van der Waals surface area (Å²) in [6.07, 6.45) is 17.7. The van der Waals surface area contributed by atoms with E-state index in [-0.39, 0.29) is 13.8 Å². The van der Waals surface area contributed by atoms with Crippen LogP contribution in [0.5, 0.6) is 0 Å². The molecule has 0 aromatic heterocycles. The number of aliphatic hydroxyl groups is 1. The molecule has 0 fully saturated rings. The quantitative estimate of drug-likeness (QED) is 0.201. The van der Waals surface area contributed by atoms with Crippen molar-refractivity contribution in [2.75, 3.05) is 5.73 Å². The Morgan fingerprint density at radius 3 is 1.81 bits per heavy atom. The summed E-state index contributed by atoms with van der Waals surface area (Å²) >= 11 is 0. The highest BCUT2D eigenvalue weighted by molar-refractivity contribution is 6.13. The molecule has 0 saturated heterocycles. The molecule has 0 amide bonds. The Balaban J connectivity index is 0.00000210. The van der Waals surface area contributed by atoms with Crippen LogP contribution in [0.4, 0.5) is 5.69 Å². The SMILES string of the molecule is CCCCCCCCCCCCCCC(O)Cc1cccc(N)c1.O[B]O. The van der Waals surface area contributed by atoms with Crippen LogP contribution in [0, 0.1) is 0 Å². The average molecular weight is 378 g/mol. The zero-order chi connectivity index (χ0) is 20.2. The van der Waals surface area contributed by atoms with Gasteiger partial charge >= 0.3 is 7.69 Å².